The van der Waals surface area contributed by atoms with Gasteiger partial charge in [0.1, 0.15) is 6.10 Å². The second-order valence-electron chi connectivity index (χ2n) is 4.56. The van der Waals surface area contributed by atoms with E-state index in [2.05, 4.69) is 0 Å². The standard InChI is InChI=1S/C15H12ClFO/c1-9-6-11-7-10(8-14(17)15(11)18-9)12-4-2-3-5-13(12)16/h2-5,7-9H,6H2,1H3. The van der Waals surface area contributed by atoms with Gasteiger partial charge in [-0.05, 0) is 30.7 Å². The van der Waals surface area contributed by atoms with E-state index in [1.807, 2.05) is 31.2 Å². The van der Waals surface area contributed by atoms with E-state index in [9.17, 15) is 4.39 Å². The number of hydrogen-bond acceptors (Lipinski definition) is 1. The summed E-state index contributed by atoms with van der Waals surface area (Å²) < 4.78 is 19.4. The van der Waals surface area contributed by atoms with Gasteiger partial charge in [0, 0.05) is 22.6 Å². The molecule has 1 aliphatic heterocycles. The van der Waals surface area contributed by atoms with E-state index in [4.69, 9.17) is 16.3 Å². The van der Waals surface area contributed by atoms with Gasteiger partial charge in [0.2, 0.25) is 0 Å². The molecule has 0 saturated heterocycles. The van der Waals surface area contributed by atoms with Crippen LogP contribution in [0.25, 0.3) is 11.1 Å². The monoisotopic (exact) mass is 262 g/mol. The molecular formula is C15H12ClFO. The van der Waals surface area contributed by atoms with E-state index >= 15 is 0 Å². The van der Waals surface area contributed by atoms with Gasteiger partial charge in [-0.3, -0.25) is 0 Å². The molecule has 1 heterocycles. The lowest BCUT2D eigenvalue weighted by atomic mass is 10.0. The highest BCUT2D eigenvalue weighted by Gasteiger charge is 2.23. The number of ether oxygens (including phenoxy) is 1. The number of benzene rings is 2. The normalized spacial score (nSPS) is 17.4. The fourth-order valence-corrected chi connectivity index (χ4v) is 2.58. The largest absolute Gasteiger partial charge is 0.487 e. The molecule has 0 fully saturated rings. The van der Waals surface area contributed by atoms with Crippen molar-refractivity contribution in [1.29, 1.82) is 0 Å². The van der Waals surface area contributed by atoms with Crippen molar-refractivity contribution in [3.8, 4) is 16.9 Å². The number of halogens is 2. The topological polar surface area (TPSA) is 9.23 Å². The predicted molar refractivity (Wildman–Crippen MR) is 70.6 cm³/mol. The zero-order chi connectivity index (χ0) is 12.7. The fourth-order valence-electron chi connectivity index (χ4n) is 2.34. The number of hydrogen-bond donors (Lipinski definition) is 0. The Labute approximate surface area is 110 Å². The number of fused-ring (bicyclic) bond motifs is 1. The van der Waals surface area contributed by atoms with Crippen molar-refractivity contribution in [2.75, 3.05) is 0 Å². The third-order valence-electron chi connectivity index (χ3n) is 3.13. The SMILES string of the molecule is CC1Cc2cc(-c3ccccc3Cl)cc(F)c2O1. The van der Waals surface area contributed by atoms with E-state index in [1.54, 1.807) is 6.07 Å². The lowest BCUT2D eigenvalue weighted by molar-refractivity contribution is 0.245. The predicted octanol–water partition coefficient (Wildman–Crippen LogP) is 4.47. The molecule has 1 unspecified atom stereocenters. The highest BCUT2D eigenvalue weighted by atomic mass is 35.5. The van der Waals surface area contributed by atoms with E-state index in [1.165, 1.54) is 6.07 Å². The summed E-state index contributed by atoms with van der Waals surface area (Å²) in [6, 6.07) is 10.9. The van der Waals surface area contributed by atoms with Crippen LogP contribution in [0, 0.1) is 5.82 Å². The van der Waals surface area contributed by atoms with Crippen molar-refractivity contribution in [1.82, 2.24) is 0 Å². The zero-order valence-electron chi connectivity index (χ0n) is 9.91. The Hall–Kier alpha value is -1.54. The van der Waals surface area contributed by atoms with Crippen LogP contribution in [0.5, 0.6) is 5.75 Å². The fraction of sp³-hybridized carbons (Fsp3) is 0.200. The molecule has 0 amide bonds. The average Bonchev–Trinajstić information content (AvgIpc) is 2.71. The first-order chi connectivity index (χ1) is 8.65. The molecule has 0 aliphatic carbocycles. The first-order valence-electron chi connectivity index (χ1n) is 5.89. The maximum Gasteiger partial charge on any atom is 0.165 e. The van der Waals surface area contributed by atoms with Crippen molar-refractivity contribution in [2.24, 2.45) is 0 Å². The third kappa shape index (κ3) is 1.87. The van der Waals surface area contributed by atoms with Gasteiger partial charge in [-0.25, -0.2) is 4.39 Å². The molecule has 2 aromatic carbocycles. The Morgan fingerprint density at radius 2 is 2.06 bits per heavy atom. The molecule has 1 nitrogen and oxygen atoms in total. The van der Waals surface area contributed by atoms with Crippen molar-refractivity contribution >= 4 is 11.6 Å². The molecule has 92 valence electrons. The first kappa shape index (κ1) is 11.5. The van der Waals surface area contributed by atoms with Crippen LogP contribution in [-0.4, -0.2) is 6.10 Å². The highest BCUT2D eigenvalue weighted by Crippen LogP contribution is 2.37. The van der Waals surface area contributed by atoms with Gasteiger partial charge in [-0.2, -0.15) is 0 Å². The average molecular weight is 263 g/mol. The van der Waals surface area contributed by atoms with Gasteiger partial charge in [0.15, 0.2) is 11.6 Å². The maximum atomic E-state index is 14.0. The van der Waals surface area contributed by atoms with Crippen LogP contribution in [0.4, 0.5) is 4.39 Å². The summed E-state index contributed by atoms with van der Waals surface area (Å²) in [5, 5.41) is 0.629. The van der Waals surface area contributed by atoms with Gasteiger partial charge in [0.05, 0.1) is 0 Å². The minimum atomic E-state index is -0.313. The molecule has 3 heteroatoms. The van der Waals surface area contributed by atoms with Gasteiger partial charge in [0.25, 0.3) is 0 Å². The van der Waals surface area contributed by atoms with Crippen molar-refractivity contribution < 1.29 is 9.13 Å². The molecule has 0 radical (unpaired) electrons. The molecule has 0 N–H and O–H groups in total. The molecule has 0 aromatic heterocycles. The maximum absolute atomic E-state index is 14.0. The summed E-state index contributed by atoms with van der Waals surface area (Å²) in [6.07, 6.45) is 0.779. The summed E-state index contributed by atoms with van der Waals surface area (Å²) in [6.45, 7) is 1.94. The van der Waals surface area contributed by atoms with E-state index in [-0.39, 0.29) is 11.9 Å². The lowest BCUT2D eigenvalue weighted by Crippen LogP contribution is -2.05. The highest BCUT2D eigenvalue weighted by molar-refractivity contribution is 6.33. The van der Waals surface area contributed by atoms with Crippen LogP contribution >= 0.6 is 11.6 Å². The third-order valence-corrected chi connectivity index (χ3v) is 3.46. The van der Waals surface area contributed by atoms with Crippen molar-refractivity contribution in [3.63, 3.8) is 0 Å². The Morgan fingerprint density at radius 3 is 2.83 bits per heavy atom. The van der Waals surface area contributed by atoms with Crippen molar-refractivity contribution in [2.45, 2.75) is 19.4 Å². The second-order valence-corrected chi connectivity index (χ2v) is 4.97. The Morgan fingerprint density at radius 1 is 1.28 bits per heavy atom. The Balaban J connectivity index is 2.14. The van der Waals surface area contributed by atoms with Gasteiger partial charge in [-0.1, -0.05) is 29.8 Å². The molecule has 1 aliphatic rings. The number of rotatable bonds is 1. The summed E-state index contributed by atoms with van der Waals surface area (Å²) in [5.41, 5.74) is 2.56. The molecule has 0 spiro atoms. The quantitative estimate of drug-likeness (QED) is 0.737. The van der Waals surface area contributed by atoms with Crippen LogP contribution in [-0.2, 0) is 6.42 Å². The molecule has 2 aromatic rings. The van der Waals surface area contributed by atoms with Gasteiger partial charge in [-0.15, -0.1) is 0 Å². The molecule has 0 bridgehead atoms. The van der Waals surface area contributed by atoms with Crippen LogP contribution in [0.2, 0.25) is 5.02 Å². The van der Waals surface area contributed by atoms with E-state index in [0.717, 1.165) is 23.1 Å². The summed E-state index contributed by atoms with van der Waals surface area (Å²) in [4.78, 5) is 0. The molecule has 3 rings (SSSR count). The van der Waals surface area contributed by atoms with Crippen LogP contribution in [0.3, 0.4) is 0 Å². The summed E-state index contributed by atoms with van der Waals surface area (Å²) in [5.74, 6) is 0.0741. The second kappa shape index (κ2) is 4.29. The van der Waals surface area contributed by atoms with E-state index in [0.29, 0.717) is 10.8 Å². The van der Waals surface area contributed by atoms with Crippen LogP contribution in [0.15, 0.2) is 36.4 Å². The van der Waals surface area contributed by atoms with Crippen LogP contribution < -0.4 is 4.74 Å². The Bertz CT molecular complexity index is 609. The molecule has 18 heavy (non-hydrogen) atoms. The van der Waals surface area contributed by atoms with Gasteiger partial charge < -0.3 is 4.74 Å². The smallest absolute Gasteiger partial charge is 0.165 e. The van der Waals surface area contributed by atoms with Gasteiger partial charge >= 0.3 is 0 Å². The summed E-state index contributed by atoms with van der Waals surface area (Å²) in [7, 11) is 0. The zero-order valence-corrected chi connectivity index (χ0v) is 10.7. The first-order valence-corrected chi connectivity index (χ1v) is 6.27. The van der Waals surface area contributed by atoms with Crippen molar-refractivity contribution in [3.05, 3.63) is 52.8 Å². The van der Waals surface area contributed by atoms with Crippen LogP contribution in [0.1, 0.15) is 12.5 Å². The molecular weight excluding hydrogens is 251 g/mol. The molecule has 0 saturated carbocycles. The molecule has 1 atom stereocenters. The van der Waals surface area contributed by atoms with E-state index < -0.39 is 0 Å². The minimum absolute atomic E-state index is 0.0380. The lowest BCUT2D eigenvalue weighted by Gasteiger charge is -2.08. The minimum Gasteiger partial charge on any atom is -0.487 e. The Kier molecular flexibility index (Phi) is 2.75. The summed E-state index contributed by atoms with van der Waals surface area (Å²) >= 11 is 6.14.